The number of hydrogen-bond donors (Lipinski definition) is 3. The minimum absolute atomic E-state index is 0.210. The van der Waals surface area contributed by atoms with Gasteiger partial charge in [0.1, 0.15) is 12.1 Å². The number of ether oxygens (including phenoxy) is 2. The number of carbonyl (C=O) groups excluding carboxylic acids is 3. The summed E-state index contributed by atoms with van der Waals surface area (Å²) in [5, 5.41) is 2.87. The maximum Gasteiger partial charge on any atom is 0.256 e. The largest absolute Gasteiger partial charge is 0.352 e. The lowest BCUT2D eigenvalue weighted by molar-refractivity contribution is -0.131. The molecule has 0 spiro atoms. The Bertz CT molecular complexity index is 806. The summed E-state index contributed by atoms with van der Waals surface area (Å²) in [6.45, 7) is 0.494. The topological polar surface area (TPSA) is 123 Å². The van der Waals surface area contributed by atoms with Crippen LogP contribution < -0.4 is 16.6 Å². The first-order chi connectivity index (χ1) is 16.0. The number of nitrogens with one attached hydrogen (secondary N) is 2. The van der Waals surface area contributed by atoms with Gasteiger partial charge in [0, 0.05) is 31.9 Å². The van der Waals surface area contributed by atoms with Crippen molar-refractivity contribution >= 4 is 17.7 Å². The number of rotatable bonds is 9. The van der Waals surface area contributed by atoms with Crippen LogP contribution in [0.3, 0.4) is 0 Å². The predicted octanol–water partition coefficient (Wildman–Crippen LogP) is 2.03. The van der Waals surface area contributed by atoms with E-state index in [9.17, 15) is 14.4 Å². The Hall–Kier alpha value is -2.49. The molecule has 1 saturated heterocycles. The van der Waals surface area contributed by atoms with Gasteiger partial charge in [0.25, 0.3) is 11.8 Å². The van der Waals surface area contributed by atoms with Crippen LogP contribution in [0.25, 0.3) is 0 Å². The van der Waals surface area contributed by atoms with E-state index < -0.39 is 24.3 Å². The molecule has 3 amide bonds. The van der Waals surface area contributed by atoms with Crippen LogP contribution in [-0.2, 0) is 19.1 Å². The summed E-state index contributed by atoms with van der Waals surface area (Å²) in [4.78, 5) is 40.2. The molecule has 1 heterocycles. The average Bonchev–Trinajstić information content (AvgIpc) is 3.35. The summed E-state index contributed by atoms with van der Waals surface area (Å²) < 4.78 is 10.5. The summed E-state index contributed by atoms with van der Waals surface area (Å²) in [6, 6.07) is 5.68. The SMILES string of the molecule is COC(OC)c1ccc(C(=O)N2CCC[C@H]2C(=O)N[C@@H](CC2CCCCC2)C(=O)NN)cc1. The number of nitrogens with two attached hydrogens (primary N) is 1. The van der Waals surface area contributed by atoms with Gasteiger partial charge in [-0.3, -0.25) is 19.8 Å². The Kier molecular flexibility index (Phi) is 9.22. The standard InChI is InChI=1S/C24H36N4O5/c1-32-24(33-2)18-12-10-17(11-13-18)23(31)28-14-6-9-20(28)22(30)26-19(21(29)27-25)15-16-7-4-3-5-8-16/h10-13,16,19-20,24H,3-9,14-15,25H2,1-2H3,(H,26,30)(H,27,29)/t19-,20-/m0/s1. The second-order valence-electron chi connectivity index (χ2n) is 8.89. The Balaban J connectivity index is 1.66. The number of hydrazine groups is 1. The number of methoxy groups -OCH3 is 2. The van der Waals surface area contributed by atoms with Crippen LogP contribution >= 0.6 is 0 Å². The van der Waals surface area contributed by atoms with E-state index in [0.29, 0.717) is 30.9 Å². The summed E-state index contributed by atoms with van der Waals surface area (Å²) in [5.41, 5.74) is 3.47. The smallest absolute Gasteiger partial charge is 0.256 e. The highest BCUT2D eigenvalue weighted by Gasteiger charge is 2.36. The third kappa shape index (κ3) is 6.31. The third-order valence-corrected chi connectivity index (χ3v) is 6.74. The van der Waals surface area contributed by atoms with E-state index in [1.807, 2.05) is 0 Å². The Morgan fingerprint density at radius 2 is 1.70 bits per heavy atom. The molecule has 182 valence electrons. The lowest BCUT2D eigenvalue weighted by Crippen LogP contribution is -2.54. The van der Waals surface area contributed by atoms with Gasteiger partial charge in [-0.1, -0.05) is 44.2 Å². The minimum atomic E-state index is -0.692. The molecule has 0 bridgehead atoms. The van der Waals surface area contributed by atoms with Crippen molar-refractivity contribution in [2.45, 2.75) is 69.7 Å². The summed E-state index contributed by atoms with van der Waals surface area (Å²) in [6.07, 6.45) is 6.98. The molecule has 33 heavy (non-hydrogen) atoms. The maximum absolute atomic E-state index is 13.2. The molecule has 2 aliphatic rings. The van der Waals surface area contributed by atoms with Gasteiger partial charge in [0.2, 0.25) is 5.91 Å². The van der Waals surface area contributed by atoms with E-state index in [2.05, 4.69) is 10.7 Å². The number of nitrogens with zero attached hydrogens (tertiary/aromatic N) is 1. The van der Waals surface area contributed by atoms with Crippen LogP contribution in [0.15, 0.2) is 24.3 Å². The van der Waals surface area contributed by atoms with Crippen molar-refractivity contribution in [2.75, 3.05) is 20.8 Å². The Morgan fingerprint density at radius 3 is 2.30 bits per heavy atom. The van der Waals surface area contributed by atoms with Crippen LogP contribution in [0.2, 0.25) is 0 Å². The highest BCUT2D eigenvalue weighted by atomic mass is 16.7. The monoisotopic (exact) mass is 460 g/mol. The van der Waals surface area contributed by atoms with E-state index in [0.717, 1.165) is 37.7 Å². The maximum atomic E-state index is 13.2. The molecule has 1 aliphatic heterocycles. The van der Waals surface area contributed by atoms with Gasteiger partial charge in [-0.25, -0.2) is 5.84 Å². The molecular weight excluding hydrogens is 424 g/mol. The summed E-state index contributed by atoms with van der Waals surface area (Å²) in [5.74, 6) is 4.86. The molecule has 1 saturated carbocycles. The third-order valence-electron chi connectivity index (χ3n) is 6.74. The van der Waals surface area contributed by atoms with Gasteiger partial charge in [0.15, 0.2) is 6.29 Å². The van der Waals surface area contributed by atoms with Gasteiger partial charge in [-0.05, 0) is 37.3 Å². The molecule has 1 aromatic carbocycles. The molecule has 1 aliphatic carbocycles. The average molecular weight is 461 g/mol. The first-order valence-electron chi connectivity index (χ1n) is 11.8. The van der Waals surface area contributed by atoms with Gasteiger partial charge in [-0.15, -0.1) is 0 Å². The lowest BCUT2D eigenvalue weighted by atomic mass is 9.84. The van der Waals surface area contributed by atoms with Crippen LogP contribution in [0.5, 0.6) is 0 Å². The highest BCUT2D eigenvalue weighted by molar-refractivity contribution is 5.98. The van der Waals surface area contributed by atoms with Crippen molar-refractivity contribution < 1.29 is 23.9 Å². The molecule has 0 radical (unpaired) electrons. The lowest BCUT2D eigenvalue weighted by Gasteiger charge is -2.29. The number of amides is 3. The first kappa shape index (κ1) is 25.1. The zero-order valence-corrected chi connectivity index (χ0v) is 19.5. The Morgan fingerprint density at radius 1 is 1.03 bits per heavy atom. The van der Waals surface area contributed by atoms with Crippen molar-refractivity contribution in [1.82, 2.24) is 15.6 Å². The highest BCUT2D eigenvalue weighted by Crippen LogP contribution is 2.28. The number of benzene rings is 1. The quantitative estimate of drug-likeness (QED) is 0.224. The molecule has 2 atom stereocenters. The van der Waals surface area contributed by atoms with Gasteiger partial charge >= 0.3 is 0 Å². The van der Waals surface area contributed by atoms with E-state index in [4.69, 9.17) is 15.3 Å². The summed E-state index contributed by atoms with van der Waals surface area (Å²) >= 11 is 0. The van der Waals surface area contributed by atoms with E-state index in [1.165, 1.54) is 6.42 Å². The van der Waals surface area contributed by atoms with E-state index in [-0.39, 0.29) is 11.8 Å². The molecule has 9 heteroatoms. The molecule has 0 aromatic heterocycles. The van der Waals surface area contributed by atoms with Gasteiger partial charge in [-0.2, -0.15) is 0 Å². The molecule has 3 rings (SSSR count). The summed E-state index contributed by atoms with van der Waals surface area (Å²) in [7, 11) is 3.10. The van der Waals surface area contributed by atoms with Crippen LogP contribution in [0.1, 0.15) is 73.6 Å². The zero-order chi connectivity index (χ0) is 23.8. The fraction of sp³-hybridized carbons (Fsp3) is 0.625. The van der Waals surface area contributed by atoms with Crippen LogP contribution in [0, 0.1) is 5.92 Å². The predicted molar refractivity (Wildman–Crippen MR) is 123 cm³/mol. The molecule has 4 N–H and O–H groups in total. The molecule has 1 aromatic rings. The van der Waals surface area contributed by atoms with Crippen molar-refractivity contribution in [2.24, 2.45) is 11.8 Å². The number of hydrogen-bond acceptors (Lipinski definition) is 6. The number of carbonyl (C=O) groups is 3. The van der Waals surface area contributed by atoms with Crippen molar-refractivity contribution in [3.8, 4) is 0 Å². The zero-order valence-electron chi connectivity index (χ0n) is 19.5. The van der Waals surface area contributed by atoms with Crippen molar-refractivity contribution in [1.29, 1.82) is 0 Å². The molecule has 2 fully saturated rings. The normalized spacial score (nSPS) is 20.0. The van der Waals surface area contributed by atoms with Crippen LogP contribution in [-0.4, -0.2) is 55.5 Å². The fourth-order valence-electron chi connectivity index (χ4n) is 4.96. The van der Waals surface area contributed by atoms with Gasteiger partial charge in [0.05, 0.1) is 0 Å². The minimum Gasteiger partial charge on any atom is -0.352 e. The first-order valence-corrected chi connectivity index (χ1v) is 11.8. The van der Waals surface area contributed by atoms with Gasteiger partial charge < -0.3 is 19.7 Å². The van der Waals surface area contributed by atoms with Crippen molar-refractivity contribution in [3.63, 3.8) is 0 Å². The van der Waals surface area contributed by atoms with Crippen LogP contribution in [0.4, 0.5) is 0 Å². The molecule has 9 nitrogen and oxygen atoms in total. The molecular formula is C24H36N4O5. The Labute approximate surface area is 195 Å². The second kappa shape index (κ2) is 12.1. The van der Waals surface area contributed by atoms with E-state index in [1.54, 1.807) is 43.4 Å². The van der Waals surface area contributed by atoms with E-state index >= 15 is 0 Å². The van der Waals surface area contributed by atoms with Crippen molar-refractivity contribution in [3.05, 3.63) is 35.4 Å². The second-order valence-corrected chi connectivity index (χ2v) is 8.89. The fourth-order valence-corrected chi connectivity index (χ4v) is 4.96. The number of likely N-dealkylation sites (tertiary alicyclic amines) is 1. The molecule has 0 unspecified atom stereocenters.